The molecule has 0 spiro atoms. The Morgan fingerprint density at radius 3 is 2.26 bits per heavy atom. The zero-order chi connectivity index (χ0) is 16.1. The van der Waals surface area contributed by atoms with Gasteiger partial charge in [-0.3, -0.25) is 4.79 Å². The van der Waals surface area contributed by atoms with Crippen LogP contribution in [0.3, 0.4) is 0 Å². The first-order valence-corrected chi connectivity index (χ1v) is 8.64. The Hall–Kier alpha value is -2.04. The number of hydrogen-bond acceptors (Lipinski definition) is 2. The van der Waals surface area contributed by atoms with Gasteiger partial charge >= 0.3 is 6.03 Å². The summed E-state index contributed by atoms with van der Waals surface area (Å²) in [4.78, 5) is 26.2. The Bertz CT molecular complexity index is 532. The lowest BCUT2D eigenvalue weighted by molar-refractivity contribution is -0.125. The van der Waals surface area contributed by atoms with Crippen molar-refractivity contribution in [3.05, 3.63) is 30.3 Å². The fraction of sp³-hybridized carbons (Fsp3) is 0.556. The molecule has 2 N–H and O–H groups in total. The SMILES string of the molecule is O=C(NC1CCN(C(=O)Nc2ccccc2)CC1)C1CCCC1. The van der Waals surface area contributed by atoms with Crippen molar-refractivity contribution in [2.45, 2.75) is 44.6 Å². The van der Waals surface area contributed by atoms with E-state index in [9.17, 15) is 9.59 Å². The van der Waals surface area contributed by atoms with Gasteiger partial charge in [-0.25, -0.2) is 4.79 Å². The maximum Gasteiger partial charge on any atom is 0.321 e. The van der Waals surface area contributed by atoms with Gasteiger partial charge in [0.2, 0.25) is 5.91 Å². The number of nitrogens with one attached hydrogen (secondary N) is 2. The van der Waals surface area contributed by atoms with Crippen molar-refractivity contribution >= 4 is 17.6 Å². The lowest BCUT2D eigenvalue weighted by Crippen LogP contribution is -2.48. The predicted molar refractivity (Wildman–Crippen MR) is 90.2 cm³/mol. The van der Waals surface area contributed by atoms with Crippen LogP contribution in [0.25, 0.3) is 0 Å². The number of likely N-dealkylation sites (tertiary alicyclic amines) is 1. The quantitative estimate of drug-likeness (QED) is 0.901. The zero-order valence-corrected chi connectivity index (χ0v) is 13.5. The largest absolute Gasteiger partial charge is 0.353 e. The lowest BCUT2D eigenvalue weighted by Gasteiger charge is -2.32. The molecule has 1 saturated heterocycles. The van der Waals surface area contributed by atoms with Crippen molar-refractivity contribution in [2.24, 2.45) is 5.92 Å². The number of amides is 3. The van der Waals surface area contributed by atoms with Gasteiger partial charge in [0.05, 0.1) is 0 Å². The number of rotatable bonds is 3. The van der Waals surface area contributed by atoms with E-state index in [1.807, 2.05) is 35.2 Å². The van der Waals surface area contributed by atoms with Crippen molar-refractivity contribution in [3.63, 3.8) is 0 Å². The predicted octanol–water partition coefficient (Wildman–Crippen LogP) is 2.99. The summed E-state index contributed by atoms with van der Waals surface area (Å²) in [5, 5.41) is 6.08. The molecule has 5 heteroatoms. The molecule has 0 unspecified atom stereocenters. The first-order chi connectivity index (χ1) is 11.2. The first-order valence-electron chi connectivity index (χ1n) is 8.64. The highest BCUT2D eigenvalue weighted by molar-refractivity contribution is 5.89. The number of carbonyl (C=O) groups excluding carboxylic acids is 2. The molecule has 23 heavy (non-hydrogen) atoms. The highest BCUT2D eigenvalue weighted by Crippen LogP contribution is 2.25. The third kappa shape index (κ3) is 4.24. The Morgan fingerprint density at radius 1 is 0.957 bits per heavy atom. The van der Waals surface area contributed by atoms with E-state index in [1.165, 1.54) is 12.8 Å². The fourth-order valence-corrected chi connectivity index (χ4v) is 3.46. The van der Waals surface area contributed by atoms with Gasteiger partial charge in [-0.1, -0.05) is 31.0 Å². The third-order valence-corrected chi connectivity index (χ3v) is 4.88. The standard InChI is InChI=1S/C18H25N3O2/c22-17(14-6-4-5-7-14)19-16-10-12-21(13-11-16)18(23)20-15-8-2-1-3-9-15/h1-3,8-9,14,16H,4-7,10-13H2,(H,19,22)(H,20,23). The van der Waals surface area contributed by atoms with Crippen molar-refractivity contribution < 1.29 is 9.59 Å². The van der Waals surface area contributed by atoms with Gasteiger partial charge < -0.3 is 15.5 Å². The molecule has 0 bridgehead atoms. The molecule has 2 fully saturated rings. The van der Waals surface area contributed by atoms with E-state index in [-0.39, 0.29) is 23.9 Å². The van der Waals surface area contributed by atoms with Crippen LogP contribution >= 0.6 is 0 Å². The number of hydrogen-bond donors (Lipinski definition) is 2. The van der Waals surface area contributed by atoms with Gasteiger partial charge in [-0.05, 0) is 37.8 Å². The van der Waals surface area contributed by atoms with Crippen LogP contribution in [-0.2, 0) is 4.79 Å². The number of para-hydroxylation sites is 1. The minimum atomic E-state index is -0.0585. The molecule has 0 aromatic heterocycles. The third-order valence-electron chi connectivity index (χ3n) is 4.88. The highest BCUT2D eigenvalue weighted by Gasteiger charge is 2.27. The van der Waals surface area contributed by atoms with Crippen molar-refractivity contribution in [3.8, 4) is 0 Å². The Labute approximate surface area is 137 Å². The molecule has 1 aromatic rings. The summed E-state index contributed by atoms with van der Waals surface area (Å²) in [5.41, 5.74) is 0.814. The maximum absolute atomic E-state index is 12.2. The van der Waals surface area contributed by atoms with Crippen molar-refractivity contribution in [2.75, 3.05) is 18.4 Å². The molecule has 1 aliphatic carbocycles. The van der Waals surface area contributed by atoms with E-state index in [4.69, 9.17) is 0 Å². The number of urea groups is 1. The number of anilines is 1. The van der Waals surface area contributed by atoms with Crippen LogP contribution in [0.15, 0.2) is 30.3 Å². The molecule has 124 valence electrons. The van der Waals surface area contributed by atoms with Crippen LogP contribution < -0.4 is 10.6 Å². The number of piperidine rings is 1. The van der Waals surface area contributed by atoms with Crippen LogP contribution in [0.5, 0.6) is 0 Å². The Morgan fingerprint density at radius 2 is 1.61 bits per heavy atom. The van der Waals surface area contributed by atoms with E-state index in [0.717, 1.165) is 31.4 Å². The minimum Gasteiger partial charge on any atom is -0.353 e. The van der Waals surface area contributed by atoms with Crippen LogP contribution in [0, 0.1) is 5.92 Å². The van der Waals surface area contributed by atoms with Crippen molar-refractivity contribution in [1.82, 2.24) is 10.2 Å². The molecular weight excluding hydrogens is 290 g/mol. The maximum atomic E-state index is 12.2. The fourth-order valence-electron chi connectivity index (χ4n) is 3.46. The molecule has 1 saturated carbocycles. The minimum absolute atomic E-state index is 0.0585. The van der Waals surface area contributed by atoms with Crippen molar-refractivity contribution in [1.29, 1.82) is 0 Å². The molecule has 1 aromatic carbocycles. The van der Waals surface area contributed by atoms with E-state index in [2.05, 4.69) is 10.6 Å². The molecule has 3 amide bonds. The van der Waals surface area contributed by atoms with Crippen LogP contribution in [0.2, 0.25) is 0 Å². The summed E-state index contributed by atoms with van der Waals surface area (Å²) in [6.45, 7) is 1.38. The average molecular weight is 315 g/mol. The van der Waals surface area contributed by atoms with Gasteiger partial charge in [0.1, 0.15) is 0 Å². The topological polar surface area (TPSA) is 61.4 Å². The average Bonchev–Trinajstić information content (AvgIpc) is 3.11. The van der Waals surface area contributed by atoms with E-state index in [1.54, 1.807) is 0 Å². The zero-order valence-electron chi connectivity index (χ0n) is 13.5. The Kier molecular flexibility index (Phi) is 5.16. The van der Waals surface area contributed by atoms with Crippen LogP contribution in [0.1, 0.15) is 38.5 Å². The van der Waals surface area contributed by atoms with E-state index in [0.29, 0.717) is 13.1 Å². The second-order valence-corrected chi connectivity index (χ2v) is 6.55. The number of nitrogens with zero attached hydrogens (tertiary/aromatic N) is 1. The summed E-state index contributed by atoms with van der Waals surface area (Å²) in [6, 6.07) is 9.65. The first kappa shape index (κ1) is 15.8. The van der Waals surface area contributed by atoms with Crippen LogP contribution in [0.4, 0.5) is 10.5 Å². The van der Waals surface area contributed by atoms with Gasteiger partial charge in [0.15, 0.2) is 0 Å². The monoisotopic (exact) mass is 315 g/mol. The van der Waals surface area contributed by atoms with Gasteiger partial charge in [0, 0.05) is 30.7 Å². The summed E-state index contributed by atoms with van der Waals surface area (Å²) in [5.74, 6) is 0.434. The van der Waals surface area contributed by atoms with E-state index >= 15 is 0 Å². The van der Waals surface area contributed by atoms with Gasteiger partial charge in [0.25, 0.3) is 0 Å². The normalized spacial score (nSPS) is 19.6. The second kappa shape index (κ2) is 7.49. The molecular formula is C18H25N3O2. The smallest absolute Gasteiger partial charge is 0.321 e. The molecule has 0 atom stereocenters. The summed E-state index contributed by atoms with van der Waals surface area (Å²) in [6.07, 6.45) is 6.09. The number of benzene rings is 1. The molecule has 5 nitrogen and oxygen atoms in total. The van der Waals surface area contributed by atoms with Gasteiger partial charge in [-0.15, -0.1) is 0 Å². The molecule has 0 radical (unpaired) electrons. The molecule has 2 aliphatic rings. The summed E-state index contributed by atoms with van der Waals surface area (Å²) < 4.78 is 0. The Balaban J connectivity index is 1.42. The lowest BCUT2D eigenvalue weighted by atomic mass is 10.0. The second-order valence-electron chi connectivity index (χ2n) is 6.55. The highest BCUT2D eigenvalue weighted by atomic mass is 16.2. The summed E-state index contributed by atoms with van der Waals surface area (Å²) >= 11 is 0. The number of carbonyl (C=O) groups is 2. The van der Waals surface area contributed by atoms with Gasteiger partial charge in [-0.2, -0.15) is 0 Å². The van der Waals surface area contributed by atoms with E-state index < -0.39 is 0 Å². The molecule has 3 rings (SSSR count). The molecule has 1 heterocycles. The molecule has 1 aliphatic heterocycles. The van der Waals surface area contributed by atoms with Crippen LogP contribution in [-0.4, -0.2) is 36.0 Å². The summed E-state index contributed by atoms with van der Waals surface area (Å²) in [7, 11) is 0.